The lowest BCUT2D eigenvalue weighted by molar-refractivity contribution is 0.0821. The van der Waals surface area contributed by atoms with E-state index in [-0.39, 0.29) is 12.5 Å². The quantitative estimate of drug-likeness (QED) is 0.862. The Hall–Kier alpha value is -1.52. The molecule has 4 nitrogen and oxygen atoms in total. The van der Waals surface area contributed by atoms with Crippen LogP contribution in [0.2, 0.25) is 10.0 Å². The second-order valence-corrected chi connectivity index (χ2v) is 4.06. The first kappa shape index (κ1) is 12.0. The van der Waals surface area contributed by atoms with Crippen molar-refractivity contribution in [3.05, 3.63) is 46.7 Å². The molecule has 0 aliphatic carbocycles. The first-order valence-electron chi connectivity index (χ1n) is 4.77. The van der Waals surface area contributed by atoms with Gasteiger partial charge in [0.05, 0.1) is 22.4 Å². The third kappa shape index (κ3) is 2.99. The van der Waals surface area contributed by atoms with Gasteiger partial charge in [-0.05, 0) is 12.1 Å². The number of halogens is 2. The molecule has 0 N–H and O–H groups in total. The molecule has 0 aliphatic rings. The molecule has 17 heavy (non-hydrogen) atoms. The lowest BCUT2D eigenvalue weighted by atomic mass is 10.3. The summed E-state index contributed by atoms with van der Waals surface area (Å²) >= 11 is 11.5. The van der Waals surface area contributed by atoms with Crippen molar-refractivity contribution in [3.8, 4) is 5.75 Å². The Bertz CT molecular complexity index is 540. The minimum absolute atomic E-state index is 0.151. The number of hydrogen-bond donors (Lipinski definition) is 0. The molecule has 0 bridgehead atoms. The lowest BCUT2D eigenvalue weighted by Crippen LogP contribution is -2.19. The molecule has 1 aromatic heterocycles. The minimum Gasteiger partial charge on any atom is -0.482 e. The summed E-state index contributed by atoms with van der Waals surface area (Å²) in [5.41, 5.74) is 0. The van der Waals surface area contributed by atoms with Crippen LogP contribution in [0.25, 0.3) is 0 Å². The average Bonchev–Trinajstić information content (AvgIpc) is 2.74. The number of carbonyl (C=O) groups is 1. The van der Waals surface area contributed by atoms with Crippen LogP contribution in [0, 0.1) is 0 Å². The number of carbonyl (C=O) groups excluding carboxylic acids is 1. The maximum absolute atomic E-state index is 11.6. The molecule has 0 radical (unpaired) electrons. The highest BCUT2D eigenvalue weighted by Gasteiger charge is 2.08. The molecular weight excluding hydrogens is 263 g/mol. The highest BCUT2D eigenvalue weighted by atomic mass is 35.5. The highest BCUT2D eigenvalue weighted by Crippen LogP contribution is 2.22. The third-order valence-corrected chi connectivity index (χ3v) is 2.50. The number of ether oxygens (including phenoxy) is 1. The van der Waals surface area contributed by atoms with Crippen molar-refractivity contribution in [2.45, 2.75) is 0 Å². The van der Waals surface area contributed by atoms with Crippen molar-refractivity contribution < 1.29 is 9.53 Å². The molecule has 6 heteroatoms. The van der Waals surface area contributed by atoms with Crippen LogP contribution < -0.4 is 4.74 Å². The second-order valence-electron chi connectivity index (χ2n) is 3.22. The fourth-order valence-electron chi connectivity index (χ4n) is 1.20. The van der Waals surface area contributed by atoms with Crippen LogP contribution in [-0.4, -0.2) is 22.3 Å². The molecule has 0 saturated carbocycles. The van der Waals surface area contributed by atoms with Gasteiger partial charge in [0.15, 0.2) is 6.61 Å². The standard InChI is InChI=1S/C11H8Cl2N2O2/c12-8-5-14-15(6-8)11(16)7-17-10-4-2-1-3-9(10)13/h1-6H,7H2. The van der Waals surface area contributed by atoms with Crippen molar-refractivity contribution in [3.63, 3.8) is 0 Å². The third-order valence-electron chi connectivity index (χ3n) is 1.99. The molecule has 2 rings (SSSR count). The van der Waals surface area contributed by atoms with Crippen molar-refractivity contribution in [1.82, 2.24) is 9.78 Å². The number of nitrogens with zero attached hydrogens (tertiary/aromatic N) is 2. The van der Waals surface area contributed by atoms with E-state index in [1.54, 1.807) is 24.3 Å². The highest BCUT2D eigenvalue weighted by molar-refractivity contribution is 6.32. The first-order valence-corrected chi connectivity index (χ1v) is 5.53. The number of para-hydroxylation sites is 1. The number of aromatic nitrogens is 2. The van der Waals surface area contributed by atoms with E-state index in [0.717, 1.165) is 4.68 Å². The van der Waals surface area contributed by atoms with E-state index in [1.807, 2.05) is 0 Å². The molecule has 0 amide bonds. The average molecular weight is 271 g/mol. The zero-order chi connectivity index (χ0) is 12.3. The number of rotatable bonds is 3. The second kappa shape index (κ2) is 5.21. The maximum Gasteiger partial charge on any atom is 0.284 e. The van der Waals surface area contributed by atoms with Gasteiger partial charge in [-0.1, -0.05) is 35.3 Å². The monoisotopic (exact) mass is 270 g/mol. The molecular formula is C11H8Cl2N2O2. The Morgan fingerprint density at radius 2 is 2.12 bits per heavy atom. The summed E-state index contributed by atoms with van der Waals surface area (Å²) in [5, 5.41) is 4.63. The van der Waals surface area contributed by atoms with Crippen molar-refractivity contribution >= 4 is 29.1 Å². The molecule has 2 aromatic rings. The van der Waals surface area contributed by atoms with Crippen molar-refractivity contribution in [2.24, 2.45) is 0 Å². The summed E-state index contributed by atoms with van der Waals surface area (Å²) in [4.78, 5) is 11.6. The van der Waals surface area contributed by atoms with Gasteiger partial charge in [0.1, 0.15) is 5.75 Å². The summed E-state index contributed by atoms with van der Waals surface area (Å²) in [7, 11) is 0. The summed E-state index contributed by atoms with van der Waals surface area (Å²) < 4.78 is 6.40. The largest absolute Gasteiger partial charge is 0.482 e. The van der Waals surface area contributed by atoms with Gasteiger partial charge < -0.3 is 4.74 Å². The fraction of sp³-hybridized carbons (Fsp3) is 0.0909. The summed E-state index contributed by atoms with van der Waals surface area (Å²) in [5.74, 6) is 0.137. The molecule has 0 aliphatic heterocycles. The SMILES string of the molecule is O=C(COc1ccccc1Cl)n1cc(Cl)cn1. The van der Waals surface area contributed by atoms with Gasteiger partial charge >= 0.3 is 0 Å². The Morgan fingerprint density at radius 3 is 2.76 bits per heavy atom. The molecule has 1 heterocycles. The van der Waals surface area contributed by atoms with Crippen LogP contribution in [0.1, 0.15) is 4.79 Å². The van der Waals surface area contributed by atoms with E-state index in [9.17, 15) is 4.79 Å². The zero-order valence-corrected chi connectivity index (χ0v) is 10.1. The van der Waals surface area contributed by atoms with Gasteiger partial charge in [-0.2, -0.15) is 5.10 Å². The summed E-state index contributed by atoms with van der Waals surface area (Å²) in [6.45, 7) is -0.151. The smallest absolute Gasteiger partial charge is 0.284 e. The Kier molecular flexibility index (Phi) is 3.66. The molecule has 0 spiro atoms. The Labute approximate surface area is 108 Å². The van der Waals surface area contributed by atoms with E-state index in [4.69, 9.17) is 27.9 Å². The van der Waals surface area contributed by atoms with Gasteiger partial charge in [-0.25, -0.2) is 4.68 Å². The van der Waals surface area contributed by atoms with Crippen LogP contribution in [0.4, 0.5) is 0 Å². The molecule has 0 atom stereocenters. The van der Waals surface area contributed by atoms with Gasteiger partial charge in [0.2, 0.25) is 0 Å². The molecule has 0 saturated heterocycles. The van der Waals surface area contributed by atoms with E-state index in [0.29, 0.717) is 15.8 Å². The van der Waals surface area contributed by atoms with Crippen LogP contribution in [0.5, 0.6) is 5.75 Å². The van der Waals surface area contributed by atoms with E-state index in [2.05, 4.69) is 5.10 Å². The van der Waals surface area contributed by atoms with Crippen LogP contribution in [-0.2, 0) is 0 Å². The van der Waals surface area contributed by atoms with Crippen LogP contribution >= 0.6 is 23.2 Å². The zero-order valence-electron chi connectivity index (χ0n) is 8.64. The number of benzene rings is 1. The first-order chi connectivity index (χ1) is 8.16. The van der Waals surface area contributed by atoms with E-state index >= 15 is 0 Å². The van der Waals surface area contributed by atoms with Gasteiger partial charge in [0, 0.05) is 0 Å². The summed E-state index contributed by atoms with van der Waals surface area (Å²) in [6, 6.07) is 6.93. The predicted molar refractivity (Wildman–Crippen MR) is 64.8 cm³/mol. The fourth-order valence-corrected chi connectivity index (χ4v) is 1.53. The number of hydrogen-bond acceptors (Lipinski definition) is 3. The molecule has 1 aromatic carbocycles. The normalized spacial score (nSPS) is 10.2. The van der Waals surface area contributed by atoms with Crippen molar-refractivity contribution in [1.29, 1.82) is 0 Å². The van der Waals surface area contributed by atoms with Crippen LogP contribution in [0.15, 0.2) is 36.7 Å². The minimum atomic E-state index is -0.322. The van der Waals surface area contributed by atoms with Crippen molar-refractivity contribution in [2.75, 3.05) is 6.61 Å². The maximum atomic E-state index is 11.6. The summed E-state index contributed by atoms with van der Waals surface area (Å²) in [6.07, 6.45) is 2.80. The van der Waals surface area contributed by atoms with Gasteiger partial charge in [-0.15, -0.1) is 0 Å². The lowest BCUT2D eigenvalue weighted by Gasteiger charge is -2.06. The molecule has 88 valence electrons. The van der Waals surface area contributed by atoms with E-state index in [1.165, 1.54) is 12.4 Å². The van der Waals surface area contributed by atoms with E-state index < -0.39 is 0 Å². The molecule has 0 fully saturated rings. The predicted octanol–water partition coefficient (Wildman–Crippen LogP) is 2.91. The van der Waals surface area contributed by atoms with Gasteiger partial charge in [-0.3, -0.25) is 4.79 Å². The Balaban J connectivity index is 1.99. The topological polar surface area (TPSA) is 44.1 Å². The molecule has 0 unspecified atom stereocenters. The van der Waals surface area contributed by atoms with Crippen LogP contribution in [0.3, 0.4) is 0 Å². The Morgan fingerprint density at radius 1 is 1.35 bits per heavy atom. The van der Waals surface area contributed by atoms with Gasteiger partial charge in [0.25, 0.3) is 5.91 Å².